The first-order valence-corrected chi connectivity index (χ1v) is 16.0. The maximum absolute atomic E-state index is 12.0. The number of hydrogen-bond donors (Lipinski definition) is 1. The molecule has 2 aliphatic heterocycles. The van der Waals surface area contributed by atoms with Gasteiger partial charge in [-0.2, -0.15) is 0 Å². The van der Waals surface area contributed by atoms with Crippen LogP contribution >= 0.6 is 0 Å². The maximum atomic E-state index is 12.0. The van der Waals surface area contributed by atoms with Gasteiger partial charge in [0, 0.05) is 68.6 Å². The number of methoxy groups -OCH3 is 1. The Morgan fingerprint density at radius 2 is 1.83 bits per heavy atom. The third-order valence-electron chi connectivity index (χ3n) is 9.96. The molecule has 2 aromatic carbocycles. The fourth-order valence-corrected chi connectivity index (χ4v) is 7.88. The van der Waals surface area contributed by atoms with Crippen LogP contribution in [-0.2, 0) is 11.3 Å². The molecule has 3 aliphatic rings. The van der Waals surface area contributed by atoms with Crippen LogP contribution in [0.3, 0.4) is 0 Å². The van der Waals surface area contributed by atoms with Gasteiger partial charge in [0.05, 0.1) is 11.3 Å². The van der Waals surface area contributed by atoms with Gasteiger partial charge < -0.3 is 24.2 Å². The van der Waals surface area contributed by atoms with E-state index in [0.29, 0.717) is 11.5 Å². The SMILES string of the molecule is COCCC[C@@H]1CCCN(CCN2CCn3c(c(C4CCCCC4)c4ccc(C(=O)O)cc43)-c3ccc(C)cc32)C1. The first-order chi connectivity index (χ1) is 20.0. The number of hydrogen-bond acceptors (Lipinski definition) is 4. The second-order valence-corrected chi connectivity index (χ2v) is 12.7. The molecule has 1 saturated heterocycles. The molecule has 0 radical (unpaired) electrons. The summed E-state index contributed by atoms with van der Waals surface area (Å²) in [5.74, 6) is 0.462. The second kappa shape index (κ2) is 12.6. The molecule has 0 bridgehead atoms. The Kier molecular flexibility index (Phi) is 8.68. The smallest absolute Gasteiger partial charge is 0.335 e. The maximum Gasteiger partial charge on any atom is 0.335 e. The summed E-state index contributed by atoms with van der Waals surface area (Å²) in [7, 11) is 1.80. The lowest BCUT2D eigenvalue weighted by Gasteiger charge is -2.35. The van der Waals surface area contributed by atoms with E-state index in [1.165, 1.54) is 97.9 Å². The minimum atomic E-state index is -0.852. The predicted molar refractivity (Wildman–Crippen MR) is 167 cm³/mol. The van der Waals surface area contributed by atoms with Crippen LogP contribution in [0.25, 0.3) is 22.2 Å². The summed E-state index contributed by atoms with van der Waals surface area (Å²) in [5, 5.41) is 11.1. The number of carboxylic acids is 1. The van der Waals surface area contributed by atoms with Gasteiger partial charge >= 0.3 is 5.97 Å². The molecule has 220 valence electrons. The summed E-state index contributed by atoms with van der Waals surface area (Å²) in [6.45, 7) is 9.37. The first-order valence-electron chi connectivity index (χ1n) is 16.0. The molecule has 1 N–H and O–H groups in total. The number of nitrogens with zero attached hydrogens (tertiary/aromatic N) is 3. The van der Waals surface area contributed by atoms with E-state index in [9.17, 15) is 9.90 Å². The number of aromatic carboxylic acids is 1. The quantitative estimate of drug-likeness (QED) is 0.279. The van der Waals surface area contributed by atoms with Crippen molar-refractivity contribution in [1.29, 1.82) is 0 Å². The van der Waals surface area contributed by atoms with Crippen LogP contribution in [0.2, 0.25) is 0 Å². The van der Waals surface area contributed by atoms with E-state index >= 15 is 0 Å². The van der Waals surface area contributed by atoms with Crippen molar-refractivity contribution in [2.45, 2.75) is 77.2 Å². The van der Waals surface area contributed by atoms with Crippen LogP contribution in [0.4, 0.5) is 5.69 Å². The lowest BCUT2D eigenvalue weighted by Crippen LogP contribution is -2.41. The van der Waals surface area contributed by atoms with Crippen molar-refractivity contribution < 1.29 is 14.6 Å². The number of likely N-dealkylation sites (tertiary alicyclic amines) is 1. The van der Waals surface area contributed by atoms with Crippen LogP contribution in [0.1, 0.15) is 85.2 Å². The van der Waals surface area contributed by atoms with Gasteiger partial charge in [-0.25, -0.2) is 4.79 Å². The Balaban J connectivity index is 1.34. The van der Waals surface area contributed by atoms with E-state index in [0.717, 1.165) is 50.6 Å². The van der Waals surface area contributed by atoms with Crippen LogP contribution in [0, 0.1) is 12.8 Å². The number of anilines is 1. The number of carboxylic acid groups (broad SMARTS) is 1. The van der Waals surface area contributed by atoms with Crippen molar-refractivity contribution in [2.75, 3.05) is 51.3 Å². The highest BCUT2D eigenvalue weighted by Gasteiger charge is 2.31. The molecule has 6 rings (SSSR count). The lowest BCUT2D eigenvalue weighted by atomic mass is 9.81. The van der Waals surface area contributed by atoms with Crippen LogP contribution in [-0.4, -0.2) is 67.0 Å². The zero-order valence-electron chi connectivity index (χ0n) is 25.0. The molecule has 0 amide bonds. The Labute approximate surface area is 245 Å². The van der Waals surface area contributed by atoms with Gasteiger partial charge in [0.2, 0.25) is 0 Å². The topological polar surface area (TPSA) is 57.9 Å². The number of piperidine rings is 1. The highest BCUT2D eigenvalue weighted by molar-refractivity contribution is 5.99. The average Bonchev–Trinajstić information content (AvgIpc) is 3.22. The standard InChI is InChI=1S/C35H47N3O3/c1-25-12-14-30-31(22-25)37(18-17-36-16-6-8-26(24-36)9-7-21-41-2)19-20-38-32-23-28(35(39)40)13-15-29(32)33(34(30)38)27-10-4-3-5-11-27/h12-15,22-23,26-27H,3-11,16-21,24H2,1-2H3,(H,39,40)/t26-/m0/s1. The third kappa shape index (κ3) is 5.91. The fraction of sp³-hybridized carbons (Fsp3) is 0.571. The highest BCUT2D eigenvalue weighted by atomic mass is 16.5. The molecule has 6 heteroatoms. The number of carbonyl (C=O) groups is 1. The van der Waals surface area contributed by atoms with Gasteiger partial charge in [0.25, 0.3) is 0 Å². The number of rotatable bonds is 9. The van der Waals surface area contributed by atoms with Crippen LogP contribution in [0.5, 0.6) is 0 Å². The lowest BCUT2D eigenvalue weighted by molar-refractivity contribution is 0.0697. The summed E-state index contributed by atoms with van der Waals surface area (Å²) < 4.78 is 7.77. The van der Waals surface area contributed by atoms with E-state index in [-0.39, 0.29) is 0 Å². The second-order valence-electron chi connectivity index (χ2n) is 12.7. The van der Waals surface area contributed by atoms with Gasteiger partial charge in [-0.05, 0) is 93.2 Å². The summed E-state index contributed by atoms with van der Waals surface area (Å²) >= 11 is 0. The van der Waals surface area contributed by atoms with Crippen molar-refractivity contribution in [3.63, 3.8) is 0 Å². The van der Waals surface area contributed by atoms with Crippen LogP contribution < -0.4 is 4.90 Å². The largest absolute Gasteiger partial charge is 0.478 e. The van der Waals surface area contributed by atoms with Crippen molar-refractivity contribution in [2.24, 2.45) is 5.92 Å². The molecule has 0 spiro atoms. The molecule has 1 atom stereocenters. The minimum Gasteiger partial charge on any atom is -0.478 e. The molecule has 3 heterocycles. The highest BCUT2D eigenvalue weighted by Crippen LogP contribution is 2.47. The normalized spacial score (nSPS) is 20.1. The number of ether oxygens (including phenoxy) is 1. The fourth-order valence-electron chi connectivity index (χ4n) is 7.88. The predicted octanol–water partition coefficient (Wildman–Crippen LogP) is 7.32. The van der Waals surface area contributed by atoms with Gasteiger partial charge in [-0.3, -0.25) is 0 Å². The van der Waals surface area contributed by atoms with Crippen molar-refractivity contribution >= 4 is 22.6 Å². The minimum absolute atomic E-state index is 0.378. The number of benzene rings is 2. The molecular weight excluding hydrogens is 510 g/mol. The molecule has 1 aliphatic carbocycles. The Morgan fingerprint density at radius 1 is 0.976 bits per heavy atom. The monoisotopic (exact) mass is 557 g/mol. The number of aromatic nitrogens is 1. The van der Waals surface area contributed by atoms with Crippen molar-refractivity contribution in [1.82, 2.24) is 9.47 Å². The molecule has 0 unspecified atom stereocenters. The summed E-state index contributed by atoms with van der Waals surface area (Å²) in [4.78, 5) is 17.3. The molecule has 41 heavy (non-hydrogen) atoms. The summed E-state index contributed by atoms with van der Waals surface area (Å²) in [6.07, 6.45) is 11.4. The van der Waals surface area contributed by atoms with Gasteiger partial charge in [0.15, 0.2) is 0 Å². The summed E-state index contributed by atoms with van der Waals surface area (Å²) in [6, 6.07) is 12.8. The van der Waals surface area contributed by atoms with Crippen molar-refractivity contribution in [3.05, 3.63) is 53.1 Å². The van der Waals surface area contributed by atoms with Gasteiger partial charge in [-0.15, -0.1) is 0 Å². The summed E-state index contributed by atoms with van der Waals surface area (Å²) in [5.41, 5.74) is 8.21. The van der Waals surface area contributed by atoms with Crippen LogP contribution in [0.15, 0.2) is 36.4 Å². The number of fused-ring (bicyclic) bond motifs is 5. The zero-order valence-corrected chi connectivity index (χ0v) is 25.0. The van der Waals surface area contributed by atoms with Gasteiger partial charge in [0.1, 0.15) is 0 Å². The Bertz CT molecular complexity index is 1370. The third-order valence-corrected chi connectivity index (χ3v) is 9.96. The zero-order chi connectivity index (χ0) is 28.3. The van der Waals surface area contributed by atoms with Gasteiger partial charge in [-0.1, -0.05) is 37.5 Å². The molecule has 1 saturated carbocycles. The van der Waals surface area contributed by atoms with Crippen molar-refractivity contribution in [3.8, 4) is 11.3 Å². The molecular formula is C35H47N3O3. The Hall–Kier alpha value is -2.83. The van der Waals surface area contributed by atoms with E-state index in [4.69, 9.17) is 4.74 Å². The van der Waals surface area contributed by atoms with E-state index in [1.807, 2.05) is 6.07 Å². The molecule has 2 fully saturated rings. The van der Waals surface area contributed by atoms with E-state index < -0.39 is 5.97 Å². The number of aryl methyl sites for hydroxylation is 1. The average molecular weight is 558 g/mol. The van der Waals surface area contributed by atoms with E-state index in [2.05, 4.69) is 45.6 Å². The van der Waals surface area contributed by atoms with E-state index in [1.54, 1.807) is 13.2 Å². The molecule has 6 nitrogen and oxygen atoms in total. The molecule has 1 aromatic heterocycles. The Morgan fingerprint density at radius 3 is 2.63 bits per heavy atom. The molecule has 3 aromatic rings. The first kappa shape index (κ1) is 28.3.